The van der Waals surface area contributed by atoms with Crippen LogP contribution in [0.25, 0.3) is 0 Å². The fourth-order valence-electron chi connectivity index (χ4n) is 3.46. The molecular weight excluding hydrogens is 242 g/mol. The minimum absolute atomic E-state index is 0.672. The van der Waals surface area contributed by atoms with E-state index in [0.717, 1.165) is 12.5 Å². The first-order valence-corrected chi connectivity index (χ1v) is 7.70. The van der Waals surface area contributed by atoms with Crippen molar-refractivity contribution in [2.75, 3.05) is 6.54 Å². The Morgan fingerprint density at radius 1 is 0.950 bits per heavy atom. The first-order chi connectivity index (χ1) is 9.88. The molecule has 1 fully saturated rings. The topological polar surface area (TPSA) is 12.0 Å². The minimum atomic E-state index is 0.672. The number of rotatable bonds is 5. The van der Waals surface area contributed by atoms with Gasteiger partial charge in [0.2, 0.25) is 0 Å². The van der Waals surface area contributed by atoms with Crippen LogP contribution in [0.5, 0.6) is 0 Å². The zero-order valence-electron chi connectivity index (χ0n) is 12.1. The molecular formula is C19H23N. The second-order valence-electron chi connectivity index (χ2n) is 5.77. The zero-order valence-corrected chi connectivity index (χ0v) is 12.1. The van der Waals surface area contributed by atoms with Gasteiger partial charge in [-0.3, -0.25) is 0 Å². The van der Waals surface area contributed by atoms with Crippen molar-refractivity contribution < 1.29 is 0 Å². The van der Waals surface area contributed by atoms with E-state index in [4.69, 9.17) is 0 Å². The Balaban J connectivity index is 1.75. The Hall–Kier alpha value is -1.60. The van der Waals surface area contributed by atoms with Crippen LogP contribution in [0.1, 0.15) is 30.4 Å². The molecule has 20 heavy (non-hydrogen) atoms. The van der Waals surface area contributed by atoms with Gasteiger partial charge >= 0.3 is 0 Å². The van der Waals surface area contributed by atoms with Crippen LogP contribution >= 0.6 is 0 Å². The zero-order chi connectivity index (χ0) is 13.8. The van der Waals surface area contributed by atoms with E-state index in [2.05, 4.69) is 72.9 Å². The lowest BCUT2D eigenvalue weighted by molar-refractivity contribution is 0.167. The second kappa shape index (κ2) is 6.23. The van der Waals surface area contributed by atoms with Crippen LogP contribution in [0, 0.1) is 5.92 Å². The number of hydrogen-bond donors (Lipinski definition) is 1. The van der Waals surface area contributed by atoms with Crippen molar-refractivity contribution in [1.82, 2.24) is 5.32 Å². The van der Waals surface area contributed by atoms with Crippen molar-refractivity contribution in [2.24, 2.45) is 5.92 Å². The maximum atomic E-state index is 3.65. The predicted molar refractivity (Wildman–Crippen MR) is 84.9 cm³/mol. The van der Waals surface area contributed by atoms with Crippen molar-refractivity contribution in [3.8, 4) is 0 Å². The van der Waals surface area contributed by atoms with E-state index in [1.165, 1.54) is 24.0 Å². The van der Waals surface area contributed by atoms with Gasteiger partial charge in [-0.1, -0.05) is 67.6 Å². The van der Waals surface area contributed by atoms with E-state index in [9.17, 15) is 0 Å². The van der Waals surface area contributed by atoms with Crippen molar-refractivity contribution in [2.45, 2.75) is 31.7 Å². The van der Waals surface area contributed by atoms with Crippen LogP contribution in [0.15, 0.2) is 60.7 Å². The number of hydrogen-bond acceptors (Lipinski definition) is 1. The summed E-state index contributed by atoms with van der Waals surface area (Å²) in [6, 6.07) is 22.6. The molecule has 0 aliphatic heterocycles. The first-order valence-electron chi connectivity index (χ1n) is 7.70. The average molecular weight is 265 g/mol. The molecule has 3 atom stereocenters. The third-order valence-electron chi connectivity index (χ3n) is 4.55. The highest BCUT2D eigenvalue weighted by Crippen LogP contribution is 2.44. The van der Waals surface area contributed by atoms with Gasteiger partial charge in [0.25, 0.3) is 0 Å². The predicted octanol–water partition coefficient (Wildman–Crippen LogP) is 4.01. The summed E-state index contributed by atoms with van der Waals surface area (Å²) >= 11 is 0. The van der Waals surface area contributed by atoms with E-state index in [1.807, 2.05) is 0 Å². The lowest BCUT2D eigenvalue weighted by Crippen LogP contribution is -2.50. The van der Waals surface area contributed by atoms with Gasteiger partial charge in [0.1, 0.15) is 0 Å². The van der Waals surface area contributed by atoms with Crippen LogP contribution in [0.4, 0.5) is 0 Å². The van der Waals surface area contributed by atoms with Crippen LogP contribution in [0.3, 0.4) is 0 Å². The molecule has 1 aliphatic rings. The molecule has 1 N–H and O–H groups in total. The van der Waals surface area contributed by atoms with Crippen molar-refractivity contribution >= 4 is 0 Å². The standard InChI is InChI=1S/C19H23N/c1-2-20-19-14-17(16-11-7-4-8-12-16)18(19)13-15-9-5-3-6-10-15/h3-12,17-20H,2,13-14H2,1H3. The normalized spacial score (nSPS) is 25.1. The number of benzene rings is 2. The van der Waals surface area contributed by atoms with Crippen LogP contribution < -0.4 is 5.32 Å². The molecule has 2 aromatic carbocycles. The van der Waals surface area contributed by atoms with Crippen LogP contribution in [0.2, 0.25) is 0 Å². The molecule has 0 radical (unpaired) electrons. The van der Waals surface area contributed by atoms with E-state index < -0.39 is 0 Å². The van der Waals surface area contributed by atoms with Gasteiger partial charge in [-0.25, -0.2) is 0 Å². The van der Waals surface area contributed by atoms with Gasteiger partial charge in [-0.05, 0) is 42.3 Å². The maximum Gasteiger partial charge on any atom is 0.0110 e. The SMILES string of the molecule is CCNC1CC(c2ccccc2)C1Cc1ccccc1. The Kier molecular flexibility index (Phi) is 4.17. The second-order valence-corrected chi connectivity index (χ2v) is 5.77. The summed E-state index contributed by atoms with van der Waals surface area (Å²) in [6.07, 6.45) is 2.45. The van der Waals surface area contributed by atoms with Gasteiger partial charge < -0.3 is 5.32 Å². The molecule has 0 saturated heterocycles. The molecule has 3 rings (SSSR count). The fraction of sp³-hybridized carbons (Fsp3) is 0.368. The fourth-order valence-corrected chi connectivity index (χ4v) is 3.46. The summed E-state index contributed by atoms with van der Waals surface area (Å²) in [7, 11) is 0. The monoisotopic (exact) mass is 265 g/mol. The quantitative estimate of drug-likeness (QED) is 0.861. The van der Waals surface area contributed by atoms with Crippen molar-refractivity contribution in [1.29, 1.82) is 0 Å². The molecule has 1 aliphatic carbocycles. The molecule has 0 aromatic heterocycles. The molecule has 2 aromatic rings. The maximum absolute atomic E-state index is 3.65. The largest absolute Gasteiger partial charge is 0.314 e. The summed E-state index contributed by atoms with van der Waals surface area (Å²) in [4.78, 5) is 0. The van der Waals surface area contributed by atoms with E-state index >= 15 is 0 Å². The van der Waals surface area contributed by atoms with Crippen molar-refractivity contribution in [3.05, 3.63) is 71.8 Å². The molecule has 0 spiro atoms. The first kappa shape index (κ1) is 13.4. The number of nitrogens with one attached hydrogen (secondary N) is 1. The lowest BCUT2D eigenvalue weighted by Gasteiger charge is -2.46. The summed E-state index contributed by atoms with van der Waals surface area (Å²) in [5, 5.41) is 3.65. The van der Waals surface area contributed by atoms with E-state index in [0.29, 0.717) is 12.0 Å². The Bertz CT molecular complexity index is 520. The Morgan fingerprint density at radius 3 is 2.25 bits per heavy atom. The summed E-state index contributed by atoms with van der Waals surface area (Å²) in [5.41, 5.74) is 2.96. The van der Waals surface area contributed by atoms with Crippen LogP contribution in [-0.4, -0.2) is 12.6 Å². The molecule has 1 heteroatoms. The Morgan fingerprint density at radius 2 is 1.60 bits per heavy atom. The molecule has 0 bridgehead atoms. The lowest BCUT2D eigenvalue weighted by atomic mass is 9.64. The van der Waals surface area contributed by atoms with Crippen LogP contribution in [-0.2, 0) is 6.42 Å². The average Bonchev–Trinajstić information content (AvgIpc) is 2.51. The summed E-state index contributed by atoms with van der Waals surface area (Å²) < 4.78 is 0. The molecule has 104 valence electrons. The highest BCUT2D eigenvalue weighted by molar-refractivity contribution is 5.27. The summed E-state index contributed by atoms with van der Waals surface area (Å²) in [6.45, 7) is 3.27. The van der Waals surface area contributed by atoms with Gasteiger partial charge in [0, 0.05) is 6.04 Å². The van der Waals surface area contributed by atoms with Gasteiger partial charge in [-0.15, -0.1) is 0 Å². The van der Waals surface area contributed by atoms with E-state index in [-0.39, 0.29) is 0 Å². The van der Waals surface area contributed by atoms with Gasteiger partial charge in [-0.2, -0.15) is 0 Å². The Labute approximate surface area is 122 Å². The molecule has 0 heterocycles. The van der Waals surface area contributed by atoms with Gasteiger partial charge in [0.05, 0.1) is 0 Å². The van der Waals surface area contributed by atoms with Gasteiger partial charge in [0.15, 0.2) is 0 Å². The molecule has 0 amide bonds. The third-order valence-corrected chi connectivity index (χ3v) is 4.55. The smallest absolute Gasteiger partial charge is 0.0110 e. The van der Waals surface area contributed by atoms with E-state index in [1.54, 1.807) is 0 Å². The third kappa shape index (κ3) is 2.78. The molecule has 1 nitrogen and oxygen atoms in total. The minimum Gasteiger partial charge on any atom is -0.314 e. The molecule has 1 saturated carbocycles. The van der Waals surface area contributed by atoms with Crippen molar-refractivity contribution in [3.63, 3.8) is 0 Å². The summed E-state index contributed by atoms with van der Waals surface area (Å²) in [5.74, 6) is 1.43. The molecule has 3 unspecified atom stereocenters. The highest BCUT2D eigenvalue weighted by Gasteiger charge is 2.40. The highest BCUT2D eigenvalue weighted by atomic mass is 14.9.